The average molecular weight is 334 g/mol. The molecule has 3 N–H and O–H groups in total. The Hall–Kier alpha value is -0.950. The number of hydrazine groups is 1. The number of hydrogen-bond acceptors (Lipinski definition) is 3. The topological polar surface area (TPSA) is 55.9 Å². The standard InChI is InChI=1S/C11H11BrClFN4/c1-18-5-6(4-16-18)11(17-15)7-2-3-8(12)9(13)10(7)14/h2-5,11,17H,15H2,1H3. The van der Waals surface area contributed by atoms with E-state index in [0.717, 1.165) is 5.56 Å². The Balaban J connectivity index is 2.49. The molecule has 0 bridgehead atoms. The van der Waals surface area contributed by atoms with E-state index in [0.29, 0.717) is 10.0 Å². The van der Waals surface area contributed by atoms with Gasteiger partial charge in [0.1, 0.15) is 5.82 Å². The molecule has 0 amide bonds. The van der Waals surface area contributed by atoms with E-state index in [9.17, 15) is 4.39 Å². The van der Waals surface area contributed by atoms with Gasteiger partial charge in [-0.1, -0.05) is 17.7 Å². The second-order valence-corrected chi connectivity index (χ2v) is 5.04. The number of nitrogens with one attached hydrogen (secondary N) is 1. The Morgan fingerprint density at radius 1 is 1.56 bits per heavy atom. The molecule has 1 aromatic carbocycles. The van der Waals surface area contributed by atoms with Crippen LogP contribution in [0.3, 0.4) is 0 Å². The van der Waals surface area contributed by atoms with Crippen LogP contribution in [0, 0.1) is 5.82 Å². The summed E-state index contributed by atoms with van der Waals surface area (Å²) in [5.41, 5.74) is 3.70. The molecular weight excluding hydrogens is 323 g/mol. The maximum Gasteiger partial charge on any atom is 0.148 e. The van der Waals surface area contributed by atoms with E-state index < -0.39 is 11.9 Å². The van der Waals surface area contributed by atoms with Crippen LogP contribution in [0.2, 0.25) is 5.02 Å². The van der Waals surface area contributed by atoms with Gasteiger partial charge in [-0.2, -0.15) is 5.10 Å². The molecule has 1 unspecified atom stereocenters. The highest BCUT2D eigenvalue weighted by molar-refractivity contribution is 9.10. The van der Waals surface area contributed by atoms with Gasteiger partial charge in [-0.05, 0) is 22.0 Å². The minimum Gasteiger partial charge on any atom is -0.275 e. The third-order valence-corrected chi connectivity index (χ3v) is 3.86. The largest absolute Gasteiger partial charge is 0.275 e. The number of halogens is 3. The van der Waals surface area contributed by atoms with Crippen molar-refractivity contribution in [3.05, 3.63) is 51.0 Å². The second-order valence-electron chi connectivity index (χ2n) is 3.81. The number of nitrogens with two attached hydrogens (primary N) is 1. The summed E-state index contributed by atoms with van der Waals surface area (Å²) >= 11 is 9.04. The molecule has 0 radical (unpaired) electrons. The first-order valence-corrected chi connectivity index (χ1v) is 6.29. The van der Waals surface area contributed by atoms with Crippen molar-refractivity contribution in [3.8, 4) is 0 Å². The second kappa shape index (κ2) is 5.36. The third-order valence-electron chi connectivity index (χ3n) is 2.60. The SMILES string of the molecule is Cn1cc(C(NN)c2ccc(Br)c(Cl)c2F)cn1. The summed E-state index contributed by atoms with van der Waals surface area (Å²) in [7, 11) is 1.78. The maximum atomic E-state index is 14.1. The van der Waals surface area contributed by atoms with E-state index >= 15 is 0 Å². The fraction of sp³-hybridized carbons (Fsp3) is 0.182. The quantitative estimate of drug-likeness (QED) is 0.515. The Morgan fingerprint density at radius 2 is 2.28 bits per heavy atom. The van der Waals surface area contributed by atoms with Crippen molar-refractivity contribution in [3.63, 3.8) is 0 Å². The molecule has 4 nitrogen and oxygen atoms in total. The van der Waals surface area contributed by atoms with Gasteiger partial charge >= 0.3 is 0 Å². The number of aryl methyl sites for hydroxylation is 1. The lowest BCUT2D eigenvalue weighted by atomic mass is 10.0. The highest BCUT2D eigenvalue weighted by Gasteiger charge is 2.20. The number of aromatic nitrogens is 2. The average Bonchev–Trinajstić information content (AvgIpc) is 2.77. The summed E-state index contributed by atoms with van der Waals surface area (Å²) in [6.45, 7) is 0. The minimum absolute atomic E-state index is 0.0386. The zero-order valence-electron chi connectivity index (χ0n) is 9.49. The summed E-state index contributed by atoms with van der Waals surface area (Å²) < 4.78 is 16.2. The van der Waals surface area contributed by atoms with Crippen LogP contribution in [0.15, 0.2) is 29.0 Å². The van der Waals surface area contributed by atoms with E-state index in [-0.39, 0.29) is 5.02 Å². The van der Waals surface area contributed by atoms with Crippen LogP contribution in [-0.4, -0.2) is 9.78 Å². The molecule has 0 saturated heterocycles. The molecular formula is C11H11BrClFN4. The molecule has 0 saturated carbocycles. The molecule has 1 aromatic heterocycles. The number of benzene rings is 1. The van der Waals surface area contributed by atoms with Crippen molar-refractivity contribution in [2.75, 3.05) is 0 Å². The van der Waals surface area contributed by atoms with Crippen LogP contribution in [0.1, 0.15) is 17.2 Å². The van der Waals surface area contributed by atoms with Crippen LogP contribution in [0.5, 0.6) is 0 Å². The van der Waals surface area contributed by atoms with Crippen LogP contribution in [0.4, 0.5) is 4.39 Å². The summed E-state index contributed by atoms with van der Waals surface area (Å²) in [5.74, 6) is 4.99. The zero-order chi connectivity index (χ0) is 13.3. The Labute approximate surface area is 117 Å². The highest BCUT2D eigenvalue weighted by atomic mass is 79.9. The molecule has 0 aliphatic carbocycles. The number of hydrogen-bond donors (Lipinski definition) is 2. The molecule has 2 aromatic rings. The lowest BCUT2D eigenvalue weighted by Crippen LogP contribution is -2.29. The molecule has 0 fully saturated rings. The predicted molar refractivity (Wildman–Crippen MR) is 71.5 cm³/mol. The van der Waals surface area contributed by atoms with Gasteiger partial charge in [-0.15, -0.1) is 0 Å². The smallest absolute Gasteiger partial charge is 0.148 e. The summed E-state index contributed by atoms with van der Waals surface area (Å²) in [6, 6.07) is 2.81. The molecule has 96 valence electrons. The van der Waals surface area contributed by atoms with Gasteiger partial charge in [0, 0.05) is 28.8 Å². The lowest BCUT2D eigenvalue weighted by Gasteiger charge is -2.16. The monoisotopic (exact) mass is 332 g/mol. The van der Waals surface area contributed by atoms with Crippen LogP contribution in [-0.2, 0) is 7.05 Å². The van der Waals surface area contributed by atoms with E-state index in [4.69, 9.17) is 17.4 Å². The van der Waals surface area contributed by atoms with Gasteiger partial charge in [-0.25, -0.2) is 9.82 Å². The predicted octanol–water partition coefficient (Wildman–Crippen LogP) is 2.53. The summed E-state index contributed by atoms with van der Waals surface area (Å²) in [6.07, 6.45) is 3.39. The van der Waals surface area contributed by atoms with Crippen molar-refractivity contribution in [1.82, 2.24) is 15.2 Å². The molecule has 0 aliphatic heterocycles. The fourth-order valence-corrected chi connectivity index (χ4v) is 2.20. The number of nitrogens with zero attached hydrogens (tertiary/aromatic N) is 2. The van der Waals surface area contributed by atoms with Gasteiger partial charge in [0.25, 0.3) is 0 Å². The van der Waals surface area contributed by atoms with Gasteiger partial charge in [0.05, 0.1) is 17.3 Å². The third kappa shape index (κ3) is 2.42. The van der Waals surface area contributed by atoms with Gasteiger partial charge in [-0.3, -0.25) is 10.5 Å². The van der Waals surface area contributed by atoms with Gasteiger partial charge in [0.15, 0.2) is 0 Å². The van der Waals surface area contributed by atoms with E-state index in [1.807, 2.05) is 0 Å². The van der Waals surface area contributed by atoms with Crippen molar-refractivity contribution in [2.45, 2.75) is 6.04 Å². The fourth-order valence-electron chi connectivity index (χ4n) is 1.72. The Bertz CT molecular complexity index is 572. The van der Waals surface area contributed by atoms with E-state index in [1.165, 1.54) is 0 Å². The molecule has 1 heterocycles. The Kier molecular flexibility index (Phi) is 4.01. The normalized spacial score (nSPS) is 12.7. The summed E-state index contributed by atoms with van der Waals surface area (Å²) in [5, 5.41) is 4.08. The van der Waals surface area contributed by atoms with E-state index in [2.05, 4.69) is 26.5 Å². The first-order valence-electron chi connectivity index (χ1n) is 5.12. The number of rotatable bonds is 3. The molecule has 0 spiro atoms. The molecule has 1 atom stereocenters. The first kappa shape index (κ1) is 13.5. The Morgan fingerprint density at radius 3 is 2.83 bits per heavy atom. The molecule has 0 aliphatic rings. The van der Waals surface area contributed by atoms with Crippen LogP contribution >= 0.6 is 27.5 Å². The van der Waals surface area contributed by atoms with Gasteiger partial charge in [0.2, 0.25) is 0 Å². The molecule has 2 rings (SSSR count). The minimum atomic E-state index is -0.502. The van der Waals surface area contributed by atoms with Crippen molar-refractivity contribution < 1.29 is 4.39 Å². The van der Waals surface area contributed by atoms with Crippen LogP contribution < -0.4 is 11.3 Å². The van der Waals surface area contributed by atoms with Crippen molar-refractivity contribution >= 4 is 27.5 Å². The zero-order valence-corrected chi connectivity index (χ0v) is 11.8. The van der Waals surface area contributed by atoms with E-state index in [1.54, 1.807) is 36.3 Å². The molecule has 7 heteroatoms. The first-order chi connectivity index (χ1) is 8.54. The molecule has 18 heavy (non-hydrogen) atoms. The van der Waals surface area contributed by atoms with Crippen molar-refractivity contribution in [1.29, 1.82) is 0 Å². The summed E-state index contributed by atoms with van der Waals surface area (Å²) in [4.78, 5) is 0. The highest BCUT2D eigenvalue weighted by Crippen LogP contribution is 2.32. The van der Waals surface area contributed by atoms with Crippen molar-refractivity contribution in [2.24, 2.45) is 12.9 Å². The van der Waals surface area contributed by atoms with Gasteiger partial charge < -0.3 is 0 Å². The lowest BCUT2D eigenvalue weighted by molar-refractivity contribution is 0.559. The van der Waals surface area contributed by atoms with Crippen LogP contribution in [0.25, 0.3) is 0 Å². The maximum absolute atomic E-state index is 14.1.